The normalized spacial score (nSPS) is 17.8. The van der Waals surface area contributed by atoms with Crippen LogP contribution in [0.5, 0.6) is 0 Å². The predicted molar refractivity (Wildman–Crippen MR) is 147 cm³/mol. The van der Waals surface area contributed by atoms with Crippen LogP contribution in [0.1, 0.15) is 38.1 Å². The highest BCUT2D eigenvalue weighted by Crippen LogP contribution is 2.34. The lowest BCUT2D eigenvalue weighted by molar-refractivity contribution is -0.163. The number of benzene rings is 1. The quantitative estimate of drug-likeness (QED) is 0.358. The van der Waals surface area contributed by atoms with Crippen LogP contribution in [0.25, 0.3) is 10.1 Å². The molecule has 10 heteroatoms. The van der Waals surface area contributed by atoms with Crippen molar-refractivity contribution in [3.63, 3.8) is 0 Å². The van der Waals surface area contributed by atoms with Crippen LogP contribution in [-0.2, 0) is 22.4 Å². The van der Waals surface area contributed by atoms with Gasteiger partial charge in [-0.1, -0.05) is 53.7 Å². The largest absolute Gasteiger partial charge is 0.336 e. The Hall–Kier alpha value is -3.30. The van der Waals surface area contributed by atoms with E-state index in [1.54, 1.807) is 22.3 Å². The third-order valence-electron chi connectivity index (χ3n) is 6.81. The van der Waals surface area contributed by atoms with E-state index in [0.29, 0.717) is 49.8 Å². The molecule has 194 valence electrons. The second-order valence-corrected chi connectivity index (χ2v) is 10.7. The monoisotopic (exact) mass is 538 g/mol. The van der Waals surface area contributed by atoms with Crippen LogP contribution >= 0.6 is 22.9 Å². The van der Waals surface area contributed by atoms with Crippen molar-refractivity contribution < 1.29 is 9.59 Å². The smallest absolute Gasteiger partial charge is 0.248 e. The molecule has 1 aromatic carbocycles. The van der Waals surface area contributed by atoms with Crippen molar-refractivity contribution in [2.45, 2.75) is 45.1 Å². The fraction of sp³-hybridized carbons (Fsp3) is 0.370. The maximum Gasteiger partial charge on any atom is 0.248 e. The number of fused-ring (bicyclic) bond motifs is 1. The van der Waals surface area contributed by atoms with Gasteiger partial charge >= 0.3 is 0 Å². The van der Waals surface area contributed by atoms with Gasteiger partial charge in [0.1, 0.15) is 5.54 Å². The fourth-order valence-electron chi connectivity index (χ4n) is 4.58. The van der Waals surface area contributed by atoms with Crippen LogP contribution in [0, 0.1) is 0 Å². The number of aryl methyl sites for hydroxylation is 1. The van der Waals surface area contributed by atoms with Crippen molar-refractivity contribution in [1.29, 1.82) is 0 Å². The molecular formula is C27H31ClN6O2S. The number of H-pyrrole nitrogens is 1. The number of allylic oxidation sites excluding steroid dienone is 3. The number of hydrogen-bond donors (Lipinski definition) is 1. The maximum atomic E-state index is 13.9. The van der Waals surface area contributed by atoms with Gasteiger partial charge in [-0.3, -0.25) is 9.59 Å². The number of hydrogen-bond acceptors (Lipinski definition) is 6. The average Bonchev–Trinajstić information content (AvgIpc) is 3.54. The molecule has 3 aromatic rings. The molecule has 0 spiro atoms. The predicted octanol–water partition coefficient (Wildman–Crippen LogP) is 4.66. The molecule has 1 aliphatic heterocycles. The Labute approximate surface area is 225 Å². The molecule has 0 aliphatic carbocycles. The van der Waals surface area contributed by atoms with Crippen LogP contribution in [0.2, 0.25) is 0 Å². The highest BCUT2D eigenvalue weighted by Gasteiger charge is 2.50. The molecule has 1 aliphatic rings. The molecule has 0 saturated carbocycles. The fourth-order valence-corrected chi connectivity index (χ4v) is 5.60. The zero-order chi connectivity index (χ0) is 26.4. The number of thiophene rings is 1. The van der Waals surface area contributed by atoms with Gasteiger partial charge in [0.15, 0.2) is 5.82 Å². The minimum atomic E-state index is -0.881. The number of carbonyl (C=O) groups excluding carboxylic acids is 2. The summed E-state index contributed by atoms with van der Waals surface area (Å²) in [4.78, 5) is 30.9. The lowest BCUT2D eigenvalue weighted by Crippen LogP contribution is -2.68. The minimum absolute atomic E-state index is 0.0259. The number of rotatable bonds is 11. The van der Waals surface area contributed by atoms with Gasteiger partial charge in [0.25, 0.3) is 0 Å². The molecule has 1 unspecified atom stereocenters. The van der Waals surface area contributed by atoms with E-state index in [9.17, 15) is 9.59 Å². The Morgan fingerprint density at radius 1 is 1.32 bits per heavy atom. The number of aromatic nitrogens is 4. The summed E-state index contributed by atoms with van der Waals surface area (Å²) in [7, 11) is 0. The Kier molecular flexibility index (Phi) is 8.56. The average molecular weight is 539 g/mol. The van der Waals surface area contributed by atoms with Gasteiger partial charge in [0, 0.05) is 35.8 Å². The van der Waals surface area contributed by atoms with Crippen LogP contribution in [0.3, 0.4) is 0 Å². The number of halogens is 1. The second kappa shape index (κ2) is 11.8. The summed E-state index contributed by atoms with van der Waals surface area (Å²) >= 11 is 7.55. The van der Waals surface area contributed by atoms with Gasteiger partial charge in [-0.05, 0) is 60.7 Å². The summed E-state index contributed by atoms with van der Waals surface area (Å²) in [5, 5.41) is 17.6. The molecule has 37 heavy (non-hydrogen) atoms. The second-order valence-electron chi connectivity index (χ2n) is 9.31. The number of nitrogens with zero attached hydrogens (tertiary/aromatic N) is 5. The molecule has 8 nitrogen and oxygen atoms in total. The highest BCUT2D eigenvalue weighted by atomic mass is 35.5. The third kappa shape index (κ3) is 6.17. The summed E-state index contributed by atoms with van der Waals surface area (Å²) in [6, 6.07) is 8.09. The van der Waals surface area contributed by atoms with E-state index in [4.69, 9.17) is 11.6 Å². The number of aromatic amines is 1. The minimum Gasteiger partial charge on any atom is -0.336 e. The Bertz CT molecular complexity index is 1330. The van der Waals surface area contributed by atoms with Crippen LogP contribution < -0.4 is 0 Å². The molecule has 2 amide bonds. The Morgan fingerprint density at radius 2 is 2.14 bits per heavy atom. The molecule has 4 rings (SSSR count). The molecule has 0 bridgehead atoms. The SMILES string of the molecule is C=C(Cl)C=CC(=CC)CN(CCCc1nn[nH]n1)C(=O)C1(C)CCN1C(=O)Cc1csc2ccccc12. The summed E-state index contributed by atoms with van der Waals surface area (Å²) in [6.45, 7) is 8.96. The van der Waals surface area contributed by atoms with Crippen molar-refractivity contribution in [2.75, 3.05) is 19.6 Å². The first kappa shape index (κ1) is 26.8. The number of carbonyl (C=O) groups is 2. The Balaban J connectivity index is 1.49. The number of tetrazole rings is 1. The van der Waals surface area contributed by atoms with Gasteiger partial charge < -0.3 is 9.80 Å². The Morgan fingerprint density at radius 3 is 2.81 bits per heavy atom. The summed E-state index contributed by atoms with van der Waals surface area (Å²) in [6.07, 6.45) is 7.69. The highest BCUT2D eigenvalue weighted by molar-refractivity contribution is 7.17. The summed E-state index contributed by atoms with van der Waals surface area (Å²) in [5.74, 6) is 0.515. The van der Waals surface area contributed by atoms with Crippen molar-refractivity contribution in [2.24, 2.45) is 0 Å². The lowest BCUT2D eigenvalue weighted by atomic mass is 9.84. The summed E-state index contributed by atoms with van der Waals surface area (Å²) in [5.41, 5.74) is 1.06. The van der Waals surface area contributed by atoms with E-state index in [0.717, 1.165) is 21.2 Å². The van der Waals surface area contributed by atoms with E-state index in [1.165, 1.54) is 0 Å². The van der Waals surface area contributed by atoms with Gasteiger partial charge in [0.05, 0.1) is 6.42 Å². The van der Waals surface area contributed by atoms with Gasteiger partial charge in [-0.25, -0.2) is 0 Å². The third-order valence-corrected chi connectivity index (χ3v) is 7.95. The lowest BCUT2D eigenvalue weighted by Gasteiger charge is -2.51. The first-order valence-electron chi connectivity index (χ1n) is 12.3. The van der Waals surface area contributed by atoms with E-state index in [-0.39, 0.29) is 18.2 Å². The zero-order valence-corrected chi connectivity index (χ0v) is 22.7. The van der Waals surface area contributed by atoms with Gasteiger partial charge in [0.2, 0.25) is 11.8 Å². The van der Waals surface area contributed by atoms with Crippen LogP contribution in [0.4, 0.5) is 0 Å². The van der Waals surface area contributed by atoms with Crippen LogP contribution in [0.15, 0.2) is 65.1 Å². The van der Waals surface area contributed by atoms with E-state index < -0.39 is 5.54 Å². The molecule has 2 aromatic heterocycles. The standard InChI is InChI=1S/C27H31ClN6O2S/c1-4-20(12-11-19(2)28)17-33(14-7-10-24-29-31-32-30-24)26(36)27(3)13-15-34(27)25(35)16-21-18-37-23-9-6-5-8-22(21)23/h4-6,8-9,11-12,18H,2,7,10,13-17H2,1,3H3,(H,29,30,31,32). The molecule has 1 N–H and O–H groups in total. The molecular weight excluding hydrogens is 508 g/mol. The molecule has 3 heterocycles. The van der Waals surface area contributed by atoms with Gasteiger partial charge in [-0.15, -0.1) is 21.5 Å². The van der Waals surface area contributed by atoms with Crippen molar-refractivity contribution in [3.8, 4) is 0 Å². The topological polar surface area (TPSA) is 95.1 Å². The number of amides is 2. The first-order chi connectivity index (χ1) is 17.8. The molecule has 1 saturated heterocycles. The number of likely N-dealkylation sites (tertiary alicyclic amines) is 1. The maximum absolute atomic E-state index is 13.9. The first-order valence-corrected chi connectivity index (χ1v) is 13.5. The molecule has 1 atom stereocenters. The van der Waals surface area contributed by atoms with Crippen LogP contribution in [-0.4, -0.2) is 67.4 Å². The summed E-state index contributed by atoms with van der Waals surface area (Å²) < 4.78 is 1.16. The van der Waals surface area contributed by atoms with E-state index in [2.05, 4.69) is 33.3 Å². The molecule has 0 radical (unpaired) electrons. The van der Waals surface area contributed by atoms with E-state index in [1.807, 2.05) is 54.5 Å². The number of nitrogens with one attached hydrogen (secondary N) is 1. The zero-order valence-electron chi connectivity index (χ0n) is 21.1. The molecule has 1 fully saturated rings. The van der Waals surface area contributed by atoms with Crippen molar-refractivity contribution in [3.05, 3.63) is 76.4 Å². The van der Waals surface area contributed by atoms with E-state index >= 15 is 0 Å². The van der Waals surface area contributed by atoms with Gasteiger partial charge in [-0.2, -0.15) is 5.21 Å². The van der Waals surface area contributed by atoms with Crippen molar-refractivity contribution in [1.82, 2.24) is 30.4 Å². The van der Waals surface area contributed by atoms with Crippen molar-refractivity contribution >= 4 is 44.8 Å².